The van der Waals surface area contributed by atoms with Crippen LogP contribution >= 0.6 is 11.8 Å². The first kappa shape index (κ1) is 24.6. The highest BCUT2D eigenvalue weighted by molar-refractivity contribution is 8.00. The molecule has 2 atom stereocenters. The molecule has 0 aromatic carbocycles. The van der Waals surface area contributed by atoms with Gasteiger partial charge in [-0.2, -0.15) is 0 Å². The van der Waals surface area contributed by atoms with Crippen molar-refractivity contribution in [2.24, 2.45) is 11.8 Å². The van der Waals surface area contributed by atoms with E-state index in [0.717, 1.165) is 30.6 Å². The molecule has 1 aromatic heterocycles. The number of rotatable bonds is 12. The number of thioether (sulfide) groups is 1. The van der Waals surface area contributed by atoms with Crippen LogP contribution in [0.5, 0.6) is 0 Å². The minimum Gasteiger partial charge on any atom is -0.356 e. The minimum absolute atomic E-state index is 0.00368. The fourth-order valence-electron chi connectivity index (χ4n) is 3.46. The molecular formula is C21H33N3O5S. The summed E-state index contributed by atoms with van der Waals surface area (Å²) in [5.41, 5.74) is 1.74. The number of hydrogen-bond donors (Lipinski definition) is 3. The van der Waals surface area contributed by atoms with Crippen LogP contribution < -0.4 is 10.8 Å². The fraction of sp³-hybridized carbons (Fsp3) is 0.667. The van der Waals surface area contributed by atoms with Crippen molar-refractivity contribution in [3.05, 3.63) is 24.5 Å². The van der Waals surface area contributed by atoms with E-state index in [-0.39, 0.29) is 31.3 Å². The van der Waals surface area contributed by atoms with E-state index in [1.807, 2.05) is 6.92 Å². The van der Waals surface area contributed by atoms with Crippen molar-refractivity contribution in [2.45, 2.75) is 62.1 Å². The van der Waals surface area contributed by atoms with Gasteiger partial charge in [-0.05, 0) is 57.1 Å². The molecule has 30 heavy (non-hydrogen) atoms. The standard InChI is InChI=1S/C21H33N3O5S/c1-3-28-14-29-13-17(23-20(25)16-6-4-15(2)5-7-16)12-19(21(26)24-27)30-18-8-10-22-11-9-18/h8-11,15-17,19,27H,3-7,12-14H2,1-2H3,(H,23,25)(H,24,26). The van der Waals surface area contributed by atoms with Gasteiger partial charge in [-0.1, -0.05) is 6.92 Å². The van der Waals surface area contributed by atoms with Gasteiger partial charge in [0.05, 0.1) is 17.9 Å². The first-order valence-corrected chi connectivity index (χ1v) is 11.4. The minimum atomic E-state index is -0.607. The molecule has 0 aliphatic heterocycles. The van der Waals surface area contributed by atoms with Gasteiger partial charge in [-0.25, -0.2) is 5.48 Å². The summed E-state index contributed by atoms with van der Waals surface area (Å²) in [6, 6.07) is 3.21. The van der Waals surface area contributed by atoms with E-state index in [2.05, 4.69) is 17.2 Å². The monoisotopic (exact) mass is 439 g/mol. The highest BCUT2D eigenvalue weighted by Crippen LogP contribution is 2.29. The molecule has 9 heteroatoms. The summed E-state index contributed by atoms with van der Waals surface area (Å²) in [6.45, 7) is 4.97. The van der Waals surface area contributed by atoms with Crippen LogP contribution in [0.2, 0.25) is 0 Å². The first-order valence-electron chi connectivity index (χ1n) is 10.5. The first-order chi connectivity index (χ1) is 14.5. The molecular weight excluding hydrogens is 406 g/mol. The summed E-state index contributed by atoms with van der Waals surface area (Å²) in [6.07, 6.45) is 7.46. The fourth-order valence-corrected chi connectivity index (χ4v) is 4.56. The number of carbonyl (C=O) groups is 2. The molecule has 2 unspecified atom stereocenters. The Bertz CT molecular complexity index is 641. The maximum Gasteiger partial charge on any atom is 0.256 e. The second-order valence-corrected chi connectivity index (χ2v) is 8.92. The van der Waals surface area contributed by atoms with E-state index >= 15 is 0 Å². The van der Waals surface area contributed by atoms with Crippen LogP contribution in [0.3, 0.4) is 0 Å². The Balaban J connectivity index is 2.02. The van der Waals surface area contributed by atoms with Crippen LogP contribution in [0.15, 0.2) is 29.4 Å². The van der Waals surface area contributed by atoms with E-state index < -0.39 is 11.2 Å². The maximum atomic E-state index is 12.8. The lowest BCUT2D eigenvalue weighted by atomic mass is 9.82. The van der Waals surface area contributed by atoms with Gasteiger partial charge in [-0.3, -0.25) is 19.8 Å². The molecule has 1 heterocycles. The predicted molar refractivity (Wildman–Crippen MR) is 114 cm³/mol. The summed E-state index contributed by atoms with van der Waals surface area (Å²) < 4.78 is 10.8. The van der Waals surface area contributed by atoms with Crippen molar-refractivity contribution in [3.63, 3.8) is 0 Å². The molecule has 2 amide bonds. The average molecular weight is 440 g/mol. The van der Waals surface area contributed by atoms with E-state index in [1.54, 1.807) is 30.0 Å². The van der Waals surface area contributed by atoms with Crippen LogP contribution in [0.4, 0.5) is 0 Å². The molecule has 0 radical (unpaired) electrons. The second kappa shape index (κ2) is 13.6. The van der Waals surface area contributed by atoms with Gasteiger partial charge in [0.15, 0.2) is 0 Å². The number of nitrogens with one attached hydrogen (secondary N) is 2. The number of hydroxylamine groups is 1. The molecule has 2 rings (SSSR count). The van der Waals surface area contributed by atoms with Crippen molar-refractivity contribution < 1.29 is 24.3 Å². The zero-order valence-corrected chi connectivity index (χ0v) is 18.5. The molecule has 3 N–H and O–H groups in total. The molecule has 0 spiro atoms. The molecule has 1 fully saturated rings. The van der Waals surface area contributed by atoms with Gasteiger partial charge in [-0.15, -0.1) is 11.8 Å². The normalized spacial score (nSPS) is 20.9. The zero-order chi connectivity index (χ0) is 21.8. The Kier molecular flexibility index (Phi) is 11.1. The number of amides is 2. The van der Waals surface area contributed by atoms with Crippen LogP contribution in [0.1, 0.15) is 46.0 Å². The lowest BCUT2D eigenvalue weighted by Crippen LogP contribution is -2.45. The highest BCUT2D eigenvalue weighted by Gasteiger charge is 2.29. The predicted octanol–water partition coefficient (Wildman–Crippen LogP) is 2.76. The van der Waals surface area contributed by atoms with Crippen molar-refractivity contribution in [1.82, 2.24) is 15.8 Å². The number of nitrogens with zero attached hydrogens (tertiary/aromatic N) is 1. The third kappa shape index (κ3) is 8.59. The average Bonchev–Trinajstić information content (AvgIpc) is 2.76. The quantitative estimate of drug-likeness (QED) is 0.151. The van der Waals surface area contributed by atoms with Crippen LogP contribution in [0.25, 0.3) is 0 Å². The van der Waals surface area contributed by atoms with Crippen LogP contribution in [-0.4, -0.2) is 53.3 Å². The molecule has 0 saturated heterocycles. The van der Waals surface area contributed by atoms with Crippen molar-refractivity contribution in [1.29, 1.82) is 0 Å². The van der Waals surface area contributed by atoms with E-state index in [1.165, 1.54) is 11.8 Å². The van der Waals surface area contributed by atoms with Gasteiger partial charge in [0.2, 0.25) is 5.91 Å². The number of carbonyl (C=O) groups excluding carboxylic acids is 2. The summed E-state index contributed by atoms with van der Waals surface area (Å²) in [7, 11) is 0. The second-order valence-electron chi connectivity index (χ2n) is 7.64. The molecule has 1 aliphatic carbocycles. The van der Waals surface area contributed by atoms with Gasteiger partial charge in [0.1, 0.15) is 6.79 Å². The smallest absolute Gasteiger partial charge is 0.256 e. The molecule has 8 nitrogen and oxygen atoms in total. The summed E-state index contributed by atoms with van der Waals surface area (Å²) in [4.78, 5) is 29.9. The van der Waals surface area contributed by atoms with Gasteiger partial charge >= 0.3 is 0 Å². The Morgan fingerprint density at radius 3 is 2.57 bits per heavy atom. The summed E-state index contributed by atoms with van der Waals surface area (Å²) in [5.74, 6) is 0.138. The Hall–Kier alpha value is -1.68. The van der Waals surface area contributed by atoms with E-state index in [0.29, 0.717) is 18.9 Å². The number of ether oxygens (including phenoxy) is 2. The van der Waals surface area contributed by atoms with Gasteiger partial charge in [0.25, 0.3) is 5.91 Å². The third-order valence-electron chi connectivity index (χ3n) is 5.25. The van der Waals surface area contributed by atoms with Crippen LogP contribution in [0, 0.1) is 11.8 Å². The molecule has 1 aromatic rings. The van der Waals surface area contributed by atoms with Crippen LogP contribution in [-0.2, 0) is 19.1 Å². The molecule has 0 bridgehead atoms. The SMILES string of the molecule is CCOCOCC(CC(Sc1ccncc1)C(=O)NO)NC(=O)C1CCC(C)CC1. The largest absolute Gasteiger partial charge is 0.356 e. The molecule has 1 saturated carbocycles. The number of pyridine rings is 1. The topological polar surface area (TPSA) is 110 Å². The third-order valence-corrected chi connectivity index (χ3v) is 6.49. The number of aromatic nitrogens is 1. The van der Waals surface area contributed by atoms with Crippen molar-refractivity contribution in [2.75, 3.05) is 20.0 Å². The van der Waals surface area contributed by atoms with Crippen molar-refractivity contribution in [3.8, 4) is 0 Å². The molecule has 1 aliphatic rings. The Labute approximate surface area is 182 Å². The summed E-state index contributed by atoms with van der Waals surface area (Å²) >= 11 is 1.31. The highest BCUT2D eigenvalue weighted by atomic mass is 32.2. The Morgan fingerprint density at radius 2 is 1.93 bits per heavy atom. The maximum absolute atomic E-state index is 12.8. The number of hydrogen-bond acceptors (Lipinski definition) is 7. The zero-order valence-electron chi connectivity index (χ0n) is 17.7. The lowest BCUT2D eigenvalue weighted by Gasteiger charge is -2.28. The lowest BCUT2D eigenvalue weighted by molar-refractivity contribution is -0.131. The van der Waals surface area contributed by atoms with Gasteiger partial charge in [0, 0.05) is 29.8 Å². The van der Waals surface area contributed by atoms with Gasteiger partial charge < -0.3 is 14.8 Å². The van der Waals surface area contributed by atoms with E-state index in [9.17, 15) is 14.8 Å². The Morgan fingerprint density at radius 1 is 1.23 bits per heavy atom. The van der Waals surface area contributed by atoms with Crippen molar-refractivity contribution >= 4 is 23.6 Å². The summed E-state index contributed by atoms with van der Waals surface area (Å²) in [5, 5.41) is 11.6. The molecule has 168 valence electrons. The van der Waals surface area contributed by atoms with E-state index in [4.69, 9.17) is 9.47 Å².